The van der Waals surface area contributed by atoms with Gasteiger partial charge in [-0.15, -0.1) is 0 Å². The van der Waals surface area contributed by atoms with Crippen LogP contribution in [0.3, 0.4) is 0 Å². The van der Waals surface area contributed by atoms with E-state index in [2.05, 4.69) is 4.98 Å². The monoisotopic (exact) mass is 450 g/mol. The summed E-state index contributed by atoms with van der Waals surface area (Å²) in [6.45, 7) is 4.76. The Bertz CT molecular complexity index is 1110. The third-order valence-corrected chi connectivity index (χ3v) is 4.60. The Morgan fingerprint density at radius 3 is 2.59 bits per heavy atom. The Hall–Kier alpha value is -3.47. The van der Waals surface area contributed by atoms with E-state index < -0.39 is 35.5 Å². The average molecular weight is 450 g/mol. The standard InChI is InChI=1S/C21H27FN4O6/c1-12(2)10-26-18(23)17(19(28)24-21(26)30)25(7-8-31-4)16(27)11-32-20(29)15-9-14(22)6-5-13(15)3/h5-6,9,12H,7-8,10-11,23H2,1-4H3,(H,24,28,30). The molecular formula is C21H27FN4O6. The number of nitrogens with one attached hydrogen (secondary N) is 1. The molecule has 11 heteroatoms. The molecule has 2 rings (SSSR count). The number of benzene rings is 1. The van der Waals surface area contributed by atoms with E-state index in [1.54, 1.807) is 6.92 Å². The lowest BCUT2D eigenvalue weighted by Gasteiger charge is -2.24. The van der Waals surface area contributed by atoms with Gasteiger partial charge < -0.3 is 15.2 Å². The maximum atomic E-state index is 13.5. The van der Waals surface area contributed by atoms with Crippen molar-refractivity contribution in [2.75, 3.05) is 37.5 Å². The number of amides is 1. The Balaban J connectivity index is 2.35. The maximum Gasteiger partial charge on any atom is 0.339 e. The summed E-state index contributed by atoms with van der Waals surface area (Å²) in [7, 11) is 1.41. The fourth-order valence-electron chi connectivity index (χ4n) is 3.03. The summed E-state index contributed by atoms with van der Waals surface area (Å²) in [5, 5.41) is 0. The minimum absolute atomic E-state index is 0.0240. The van der Waals surface area contributed by atoms with Gasteiger partial charge in [-0.1, -0.05) is 19.9 Å². The second-order valence-electron chi connectivity index (χ2n) is 7.57. The molecule has 0 aliphatic heterocycles. The zero-order valence-corrected chi connectivity index (χ0v) is 18.4. The van der Waals surface area contributed by atoms with Crippen molar-refractivity contribution in [2.45, 2.75) is 27.3 Å². The lowest BCUT2D eigenvalue weighted by molar-refractivity contribution is -0.121. The first-order valence-electron chi connectivity index (χ1n) is 9.92. The van der Waals surface area contributed by atoms with Gasteiger partial charge in [0.25, 0.3) is 11.5 Å². The fraction of sp³-hybridized carbons (Fsp3) is 0.429. The molecule has 0 bridgehead atoms. The lowest BCUT2D eigenvalue weighted by Crippen LogP contribution is -2.44. The summed E-state index contributed by atoms with van der Waals surface area (Å²) >= 11 is 0. The van der Waals surface area contributed by atoms with Crippen molar-refractivity contribution in [1.29, 1.82) is 0 Å². The van der Waals surface area contributed by atoms with Crippen molar-refractivity contribution >= 4 is 23.4 Å². The van der Waals surface area contributed by atoms with Crippen LogP contribution in [-0.2, 0) is 20.8 Å². The summed E-state index contributed by atoms with van der Waals surface area (Å²) in [4.78, 5) is 53.1. The van der Waals surface area contributed by atoms with Gasteiger partial charge in [0.2, 0.25) is 0 Å². The highest BCUT2D eigenvalue weighted by molar-refractivity contribution is 5.98. The van der Waals surface area contributed by atoms with Gasteiger partial charge in [0.15, 0.2) is 12.3 Å². The van der Waals surface area contributed by atoms with Crippen LogP contribution in [0.15, 0.2) is 27.8 Å². The van der Waals surface area contributed by atoms with Crippen LogP contribution >= 0.6 is 0 Å². The first-order chi connectivity index (χ1) is 15.1. The van der Waals surface area contributed by atoms with Crippen LogP contribution in [0.1, 0.15) is 29.8 Å². The van der Waals surface area contributed by atoms with Crippen LogP contribution in [0.25, 0.3) is 0 Å². The molecule has 32 heavy (non-hydrogen) atoms. The summed E-state index contributed by atoms with van der Waals surface area (Å²) in [5.74, 6) is -2.44. The number of nitrogen functional groups attached to an aromatic ring is 1. The van der Waals surface area contributed by atoms with Crippen LogP contribution < -0.4 is 21.9 Å². The van der Waals surface area contributed by atoms with Crippen molar-refractivity contribution in [3.05, 3.63) is 56.0 Å². The molecule has 1 amide bonds. The number of hydrogen-bond donors (Lipinski definition) is 2. The van der Waals surface area contributed by atoms with E-state index in [0.29, 0.717) is 5.56 Å². The number of nitrogens with zero attached hydrogens (tertiary/aromatic N) is 2. The van der Waals surface area contributed by atoms with E-state index in [9.17, 15) is 23.6 Å². The Kier molecular flexibility index (Phi) is 8.30. The van der Waals surface area contributed by atoms with Crippen molar-refractivity contribution in [3.63, 3.8) is 0 Å². The first kappa shape index (κ1) is 24.8. The lowest BCUT2D eigenvalue weighted by atomic mass is 10.1. The third-order valence-electron chi connectivity index (χ3n) is 4.60. The number of esters is 1. The molecule has 1 heterocycles. The Morgan fingerprint density at radius 1 is 1.28 bits per heavy atom. The molecule has 0 aliphatic rings. The fourth-order valence-corrected chi connectivity index (χ4v) is 3.03. The summed E-state index contributed by atoms with van der Waals surface area (Å²) in [6, 6.07) is 3.62. The number of aromatic amines is 1. The number of ether oxygens (including phenoxy) is 2. The van der Waals surface area contributed by atoms with E-state index in [0.717, 1.165) is 15.5 Å². The van der Waals surface area contributed by atoms with E-state index in [-0.39, 0.29) is 42.7 Å². The molecular weight excluding hydrogens is 423 g/mol. The van der Waals surface area contributed by atoms with E-state index in [4.69, 9.17) is 15.2 Å². The number of aromatic nitrogens is 2. The van der Waals surface area contributed by atoms with E-state index in [1.807, 2.05) is 13.8 Å². The van der Waals surface area contributed by atoms with Gasteiger partial charge in [-0.3, -0.25) is 24.0 Å². The summed E-state index contributed by atoms with van der Waals surface area (Å²) in [5.41, 5.74) is 4.74. The third kappa shape index (κ3) is 5.82. The van der Waals surface area contributed by atoms with Crippen molar-refractivity contribution in [2.24, 2.45) is 5.92 Å². The minimum atomic E-state index is -0.895. The molecule has 0 aliphatic carbocycles. The van der Waals surface area contributed by atoms with Gasteiger partial charge in [0.1, 0.15) is 11.6 Å². The molecule has 0 fully saturated rings. The van der Waals surface area contributed by atoms with E-state index in [1.165, 1.54) is 19.2 Å². The highest BCUT2D eigenvalue weighted by atomic mass is 19.1. The number of halogens is 1. The largest absolute Gasteiger partial charge is 0.452 e. The summed E-state index contributed by atoms with van der Waals surface area (Å²) in [6.07, 6.45) is 0. The van der Waals surface area contributed by atoms with E-state index >= 15 is 0 Å². The normalized spacial score (nSPS) is 10.9. The van der Waals surface area contributed by atoms with Gasteiger partial charge in [0, 0.05) is 20.2 Å². The highest BCUT2D eigenvalue weighted by Gasteiger charge is 2.25. The van der Waals surface area contributed by atoms with Crippen molar-refractivity contribution < 1.29 is 23.5 Å². The first-order valence-corrected chi connectivity index (χ1v) is 9.92. The van der Waals surface area contributed by atoms with Crippen LogP contribution in [0.2, 0.25) is 0 Å². The molecule has 0 radical (unpaired) electrons. The van der Waals surface area contributed by atoms with Crippen LogP contribution in [0.5, 0.6) is 0 Å². The molecule has 0 atom stereocenters. The van der Waals surface area contributed by atoms with Crippen LogP contribution in [0.4, 0.5) is 15.9 Å². The predicted octanol–water partition coefficient (Wildman–Crippen LogP) is 1.06. The van der Waals surface area contributed by atoms with Gasteiger partial charge in [0.05, 0.1) is 12.2 Å². The molecule has 0 unspecified atom stereocenters. The number of carbonyl (C=O) groups excluding carboxylic acids is 2. The SMILES string of the molecule is COCCN(C(=O)COC(=O)c1cc(F)ccc1C)c1c(N)n(CC(C)C)c(=O)[nH]c1=O. The predicted molar refractivity (Wildman–Crippen MR) is 116 cm³/mol. The number of anilines is 2. The van der Waals surface area contributed by atoms with Crippen molar-refractivity contribution in [3.8, 4) is 0 Å². The molecule has 1 aromatic carbocycles. The van der Waals surface area contributed by atoms with Gasteiger partial charge >= 0.3 is 11.7 Å². The van der Waals surface area contributed by atoms with Crippen LogP contribution in [0, 0.1) is 18.7 Å². The smallest absolute Gasteiger partial charge is 0.339 e. The molecule has 0 saturated carbocycles. The number of H-pyrrole nitrogens is 1. The molecule has 10 nitrogen and oxygen atoms in total. The second-order valence-corrected chi connectivity index (χ2v) is 7.57. The average Bonchev–Trinajstić information content (AvgIpc) is 2.72. The minimum Gasteiger partial charge on any atom is -0.452 e. The maximum absolute atomic E-state index is 13.5. The zero-order valence-electron chi connectivity index (χ0n) is 18.4. The van der Waals surface area contributed by atoms with Gasteiger partial charge in [-0.2, -0.15) is 0 Å². The second kappa shape index (κ2) is 10.7. The number of aryl methyl sites for hydroxylation is 1. The molecule has 0 spiro atoms. The summed E-state index contributed by atoms with van der Waals surface area (Å²) < 4.78 is 24.7. The molecule has 3 N–H and O–H groups in total. The molecule has 174 valence electrons. The van der Waals surface area contributed by atoms with Crippen LogP contribution in [-0.4, -0.2) is 48.3 Å². The Labute approximate surface area is 183 Å². The number of nitrogens with two attached hydrogens (primary N) is 1. The van der Waals surface area contributed by atoms with Crippen molar-refractivity contribution in [1.82, 2.24) is 9.55 Å². The number of carbonyl (C=O) groups is 2. The molecule has 2 aromatic rings. The highest BCUT2D eigenvalue weighted by Crippen LogP contribution is 2.18. The zero-order chi connectivity index (χ0) is 24.0. The number of rotatable bonds is 9. The Morgan fingerprint density at radius 2 is 1.97 bits per heavy atom. The molecule has 1 aromatic heterocycles. The molecule has 0 saturated heterocycles. The van der Waals surface area contributed by atoms with Gasteiger partial charge in [-0.25, -0.2) is 14.0 Å². The number of hydrogen-bond acceptors (Lipinski definition) is 7. The topological polar surface area (TPSA) is 137 Å². The van der Waals surface area contributed by atoms with Gasteiger partial charge in [-0.05, 0) is 30.5 Å². The number of methoxy groups -OCH3 is 1. The quantitative estimate of drug-likeness (QED) is 0.545.